The van der Waals surface area contributed by atoms with E-state index in [-0.39, 0.29) is 5.91 Å². The highest BCUT2D eigenvalue weighted by molar-refractivity contribution is 6.33. The molecule has 1 amide bonds. The summed E-state index contributed by atoms with van der Waals surface area (Å²) in [5.41, 5.74) is 2.08. The van der Waals surface area contributed by atoms with Crippen LogP contribution in [0.5, 0.6) is 0 Å². The van der Waals surface area contributed by atoms with Gasteiger partial charge in [-0.05, 0) is 38.4 Å². The van der Waals surface area contributed by atoms with Crippen molar-refractivity contribution in [2.24, 2.45) is 13.0 Å². The predicted molar refractivity (Wildman–Crippen MR) is 96.2 cm³/mol. The molecular formula is C18H23ClN4O. The Hall–Kier alpha value is -1.85. The van der Waals surface area contributed by atoms with Gasteiger partial charge in [0, 0.05) is 31.9 Å². The van der Waals surface area contributed by atoms with Crippen LogP contribution in [0.15, 0.2) is 30.5 Å². The zero-order valence-corrected chi connectivity index (χ0v) is 14.9. The van der Waals surface area contributed by atoms with Crippen molar-refractivity contribution < 1.29 is 4.79 Å². The average Bonchev–Trinajstić information content (AvgIpc) is 2.97. The maximum absolute atomic E-state index is 13.0. The Labute approximate surface area is 147 Å². The van der Waals surface area contributed by atoms with Crippen molar-refractivity contribution in [2.45, 2.75) is 12.8 Å². The summed E-state index contributed by atoms with van der Waals surface area (Å²) in [5, 5.41) is 8.31. The van der Waals surface area contributed by atoms with Crippen LogP contribution in [0, 0.1) is 5.92 Å². The Balaban J connectivity index is 1.83. The SMILES string of the molecule is CNCC1CCN(C(=O)c2cn(C)nc2-c2ccccc2Cl)CC1. The van der Waals surface area contributed by atoms with E-state index < -0.39 is 0 Å². The van der Waals surface area contributed by atoms with E-state index in [1.165, 1.54) is 0 Å². The van der Waals surface area contributed by atoms with Crippen LogP contribution in [-0.4, -0.2) is 47.3 Å². The molecule has 0 spiro atoms. The number of carbonyl (C=O) groups is 1. The molecule has 5 nitrogen and oxygen atoms in total. The fourth-order valence-corrected chi connectivity index (χ4v) is 3.52. The van der Waals surface area contributed by atoms with E-state index in [1.54, 1.807) is 10.9 Å². The summed E-state index contributed by atoms with van der Waals surface area (Å²) in [6.07, 6.45) is 3.86. The number of hydrogen-bond acceptors (Lipinski definition) is 3. The topological polar surface area (TPSA) is 50.2 Å². The summed E-state index contributed by atoms with van der Waals surface area (Å²) in [7, 11) is 3.80. The molecule has 0 unspecified atom stereocenters. The molecule has 1 fully saturated rings. The van der Waals surface area contributed by atoms with E-state index in [9.17, 15) is 4.79 Å². The highest BCUT2D eigenvalue weighted by Gasteiger charge is 2.27. The second-order valence-electron chi connectivity index (χ2n) is 6.34. The lowest BCUT2D eigenvalue weighted by atomic mass is 9.96. The minimum absolute atomic E-state index is 0.0425. The molecule has 1 aromatic carbocycles. The Bertz CT molecular complexity index is 720. The van der Waals surface area contributed by atoms with Gasteiger partial charge in [-0.1, -0.05) is 29.8 Å². The summed E-state index contributed by atoms with van der Waals surface area (Å²) in [6.45, 7) is 2.60. The Morgan fingerprint density at radius 1 is 1.33 bits per heavy atom. The van der Waals surface area contributed by atoms with Gasteiger partial charge in [0.1, 0.15) is 5.69 Å². The first-order chi connectivity index (χ1) is 11.6. The van der Waals surface area contributed by atoms with Crippen LogP contribution < -0.4 is 5.32 Å². The van der Waals surface area contributed by atoms with Crippen molar-refractivity contribution in [2.75, 3.05) is 26.7 Å². The Kier molecular flexibility index (Phi) is 5.21. The van der Waals surface area contributed by atoms with Gasteiger partial charge in [-0.15, -0.1) is 0 Å². The molecule has 128 valence electrons. The molecule has 1 aromatic heterocycles. The zero-order valence-electron chi connectivity index (χ0n) is 14.1. The number of hydrogen-bond donors (Lipinski definition) is 1. The van der Waals surface area contributed by atoms with Gasteiger partial charge in [-0.3, -0.25) is 9.48 Å². The third kappa shape index (κ3) is 3.47. The monoisotopic (exact) mass is 346 g/mol. The quantitative estimate of drug-likeness (QED) is 0.926. The molecule has 2 heterocycles. The van der Waals surface area contributed by atoms with Crippen molar-refractivity contribution in [1.82, 2.24) is 20.0 Å². The van der Waals surface area contributed by atoms with E-state index >= 15 is 0 Å². The maximum Gasteiger partial charge on any atom is 0.257 e. The molecular weight excluding hydrogens is 324 g/mol. The number of likely N-dealkylation sites (tertiary alicyclic amines) is 1. The molecule has 1 aliphatic rings. The highest BCUT2D eigenvalue weighted by Crippen LogP contribution is 2.30. The van der Waals surface area contributed by atoms with E-state index in [4.69, 9.17) is 11.6 Å². The van der Waals surface area contributed by atoms with Gasteiger partial charge < -0.3 is 10.2 Å². The van der Waals surface area contributed by atoms with Crippen molar-refractivity contribution in [3.05, 3.63) is 41.0 Å². The Morgan fingerprint density at radius 3 is 2.71 bits per heavy atom. The summed E-state index contributed by atoms with van der Waals surface area (Å²) in [5.74, 6) is 0.692. The second-order valence-corrected chi connectivity index (χ2v) is 6.75. The number of piperidine rings is 1. The van der Waals surface area contributed by atoms with Crippen LogP contribution in [-0.2, 0) is 7.05 Å². The van der Waals surface area contributed by atoms with Crippen LogP contribution in [0.2, 0.25) is 5.02 Å². The van der Waals surface area contributed by atoms with Crippen molar-refractivity contribution in [1.29, 1.82) is 0 Å². The van der Waals surface area contributed by atoms with E-state index in [0.29, 0.717) is 22.2 Å². The summed E-state index contributed by atoms with van der Waals surface area (Å²) < 4.78 is 1.68. The highest BCUT2D eigenvalue weighted by atomic mass is 35.5. The molecule has 1 aliphatic heterocycles. The molecule has 2 aromatic rings. The second kappa shape index (κ2) is 7.36. The van der Waals surface area contributed by atoms with Crippen LogP contribution in [0.1, 0.15) is 23.2 Å². The number of rotatable bonds is 4. The minimum Gasteiger partial charge on any atom is -0.339 e. The number of halogens is 1. The van der Waals surface area contributed by atoms with Crippen molar-refractivity contribution >= 4 is 17.5 Å². The van der Waals surface area contributed by atoms with Gasteiger partial charge in [0.15, 0.2) is 0 Å². The molecule has 24 heavy (non-hydrogen) atoms. The number of aryl methyl sites for hydroxylation is 1. The van der Waals surface area contributed by atoms with Gasteiger partial charge in [0.2, 0.25) is 0 Å². The zero-order chi connectivity index (χ0) is 17.1. The van der Waals surface area contributed by atoms with Crippen LogP contribution in [0.25, 0.3) is 11.3 Å². The molecule has 6 heteroatoms. The minimum atomic E-state index is 0.0425. The van der Waals surface area contributed by atoms with Crippen LogP contribution >= 0.6 is 11.6 Å². The van der Waals surface area contributed by atoms with E-state index in [0.717, 1.165) is 38.0 Å². The number of amides is 1. The van der Waals surface area contributed by atoms with Crippen molar-refractivity contribution in [3.63, 3.8) is 0 Å². The van der Waals surface area contributed by atoms with E-state index in [2.05, 4.69) is 10.4 Å². The molecule has 3 rings (SSSR count). The fourth-order valence-electron chi connectivity index (χ4n) is 3.30. The molecule has 0 radical (unpaired) electrons. The number of benzene rings is 1. The number of nitrogens with zero attached hydrogens (tertiary/aromatic N) is 3. The molecule has 1 saturated heterocycles. The molecule has 0 saturated carbocycles. The number of aromatic nitrogens is 2. The third-order valence-corrected chi connectivity index (χ3v) is 4.91. The first-order valence-electron chi connectivity index (χ1n) is 8.32. The van der Waals surface area contributed by atoms with Gasteiger partial charge in [0.25, 0.3) is 5.91 Å². The summed E-state index contributed by atoms with van der Waals surface area (Å²) >= 11 is 6.30. The van der Waals surface area contributed by atoms with Crippen LogP contribution in [0.3, 0.4) is 0 Å². The number of carbonyl (C=O) groups excluding carboxylic acids is 1. The molecule has 0 bridgehead atoms. The lowest BCUT2D eigenvalue weighted by Gasteiger charge is -2.31. The third-order valence-electron chi connectivity index (χ3n) is 4.58. The standard InChI is InChI=1S/C18H23ClN4O/c1-20-11-13-7-9-23(10-8-13)18(24)15-12-22(2)21-17(15)14-5-3-4-6-16(14)19/h3-6,12-13,20H,7-11H2,1-2H3. The van der Waals surface area contributed by atoms with Crippen molar-refractivity contribution in [3.8, 4) is 11.3 Å². The maximum atomic E-state index is 13.0. The fraction of sp³-hybridized carbons (Fsp3) is 0.444. The molecule has 0 atom stereocenters. The normalized spacial score (nSPS) is 15.7. The lowest BCUT2D eigenvalue weighted by Crippen LogP contribution is -2.40. The van der Waals surface area contributed by atoms with Gasteiger partial charge in [-0.25, -0.2) is 0 Å². The summed E-state index contributed by atoms with van der Waals surface area (Å²) in [6, 6.07) is 7.51. The predicted octanol–water partition coefficient (Wildman–Crippen LogP) is 2.81. The molecule has 1 N–H and O–H groups in total. The van der Waals surface area contributed by atoms with E-state index in [1.807, 2.05) is 43.3 Å². The lowest BCUT2D eigenvalue weighted by molar-refractivity contribution is 0.0691. The average molecular weight is 347 g/mol. The van der Waals surface area contributed by atoms with Gasteiger partial charge >= 0.3 is 0 Å². The van der Waals surface area contributed by atoms with Crippen LogP contribution in [0.4, 0.5) is 0 Å². The summed E-state index contributed by atoms with van der Waals surface area (Å²) in [4.78, 5) is 14.9. The number of nitrogens with one attached hydrogen (secondary N) is 1. The molecule has 0 aliphatic carbocycles. The first kappa shape index (κ1) is 17.0. The smallest absolute Gasteiger partial charge is 0.257 e. The van der Waals surface area contributed by atoms with Gasteiger partial charge in [0.05, 0.1) is 10.6 Å². The first-order valence-corrected chi connectivity index (χ1v) is 8.70. The van der Waals surface area contributed by atoms with Gasteiger partial charge in [-0.2, -0.15) is 5.10 Å². The largest absolute Gasteiger partial charge is 0.339 e. The Morgan fingerprint density at radius 2 is 2.04 bits per heavy atom.